The molecule has 1 aliphatic rings. The third kappa shape index (κ3) is 2.94. The molecular weight excluding hydrogens is 360 g/mol. The van der Waals surface area contributed by atoms with Crippen LogP contribution < -0.4 is 10.5 Å². The van der Waals surface area contributed by atoms with E-state index in [2.05, 4.69) is 11.2 Å². The zero-order valence-corrected chi connectivity index (χ0v) is 15.4. The van der Waals surface area contributed by atoms with Crippen molar-refractivity contribution in [3.05, 3.63) is 93.5 Å². The number of aryl methyl sites for hydroxylation is 1. The minimum absolute atomic E-state index is 0.0872. The number of rotatable bonds is 3. The number of nitriles is 1. The molecule has 0 aliphatic carbocycles. The Balaban J connectivity index is 1.88. The van der Waals surface area contributed by atoms with Gasteiger partial charge in [-0.1, -0.05) is 60.1 Å². The fourth-order valence-electron chi connectivity index (χ4n) is 3.46. The van der Waals surface area contributed by atoms with E-state index < -0.39 is 5.92 Å². The van der Waals surface area contributed by atoms with Gasteiger partial charge < -0.3 is 10.5 Å². The monoisotopic (exact) mass is 376 g/mol. The summed E-state index contributed by atoms with van der Waals surface area (Å²) in [5.74, 6) is 0.235. The molecule has 1 atom stereocenters. The van der Waals surface area contributed by atoms with Gasteiger partial charge in [-0.3, -0.25) is 0 Å². The third-order valence-electron chi connectivity index (χ3n) is 4.69. The number of aromatic nitrogens is 2. The van der Waals surface area contributed by atoms with E-state index in [1.807, 2.05) is 55.5 Å². The fraction of sp³-hybridized carbons (Fsp3) is 0.143. The van der Waals surface area contributed by atoms with E-state index in [9.17, 15) is 5.26 Å². The maximum Gasteiger partial charge on any atom is 0.224 e. The predicted octanol–water partition coefficient (Wildman–Crippen LogP) is 4.11. The Kier molecular flexibility index (Phi) is 4.35. The van der Waals surface area contributed by atoms with Gasteiger partial charge in [-0.05, 0) is 24.1 Å². The number of hydrogen-bond donors (Lipinski definition) is 1. The Hall–Kier alpha value is -3.23. The molecule has 2 heterocycles. The van der Waals surface area contributed by atoms with Crippen molar-refractivity contribution in [1.29, 1.82) is 5.26 Å². The lowest BCUT2D eigenvalue weighted by atomic mass is 9.84. The molecule has 1 unspecified atom stereocenters. The molecule has 2 N–H and O–H groups in total. The lowest BCUT2D eigenvalue weighted by Crippen LogP contribution is -2.22. The van der Waals surface area contributed by atoms with Gasteiger partial charge in [-0.25, -0.2) is 4.68 Å². The Morgan fingerprint density at radius 3 is 2.59 bits per heavy atom. The molecule has 0 radical (unpaired) electrons. The number of benzene rings is 2. The van der Waals surface area contributed by atoms with Crippen LogP contribution in [-0.4, -0.2) is 9.78 Å². The molecule has 0 fully saturated rings. The smallest absolute Gasteiger partial charge is 0.224 e. The molecule has 2 aromatic carbocycles. The first-order valence-corrected chi connectivity index (χ1v) is 8.91. The summed E-state index contributed by atoms with van der Waals surface area (Å²) in [6.45, 7) is 2.45. The summed E-state index contributed by atoms with van der Waals surface area (Å²) in [5.41, 5.74) is 9.96. The largest absolute Gasteiger partial charge is 0.422 e. The van der Waals surface area contributed by atoms with E-state index in [0.29, 0.717) is 23.0 Å². The maximum absolute atomic E-state index is 9.70. The average Bonchev–Trinajstić information content (AvgIpc) is 2.97. The number of nitrogens with two attached hydrogens (primary N) is 1. The highest BCUT2D eigenvalue weighted by molar-refractivity contribution is 6.31. The Morgan fingerprint density at radius 2 is 1.89 bits per heavy atom. The molecule has 0 spiro atoms. The highest BCUT2D eigenvalue weighted by Gasteiger charge is 2.36. The molecule has 0 amide bonds. The van der Waals surface area contributed by atoms with Crippen LogP contribution in [0.4, 0.5) is 0 Å². The number of halogens is 1. The first-order chi connectivity index (χ1) is 13.1. The van der Waals surface area contributed by atoms with Crippen molar-refractivity contribution >= 4 is 11.6 Å². The normalized spacial score (nSPS) is 15.8. The second-order valence-corrected chi connectivity index (χ2v) is 6.80. The highest BCUT2D eigenvalue weighted by Crippen LogP contribution is 2.45. The maximum atomic E-state index is 9.70. The van der Waals surface area contributed by atoms with Crippen molar-refractivity contribution in [1.82, 2.24) is 9.78 Å². The van der Waals surface area contributed by atoms with Gasteiger partial charge in [0.05, 0.1) is 23.7 Å². The lowest BCUT2D eigenvalue weighted by Gasteiger charge is -2.25. The number of ether oxygens (including phenoxy) is 1. The quantitative estimate of drug-likeness (QED) is 0.746. The standard InChI is InChI=1S/C21H17ClN4O/c1-13-18-19(15-9-5-6-10-17(15)22)16(11-23)20(24)27-21(18)26(25-13)12-14-7-3-2-4-8-14/h2-10,19H,12,24H2,1H3. The molecule has 1 aromatic heterocycles. The summed E-state index contributed by atoms with van der Waals surface area (Å²) in [6.07, 6.45) is 0. The van der Waals surface area contributed by atoms with Gasteiger partial charge in [0.1, 0.15) is 11.6 Å². The molecule has 4 rings (SSSR count). The van der Waals surface area contributed by atoms with E-state index in [4.69, 9.17) is 22.1 Å². The second-order valence-electron chi connectivity index (χ2n) is 6.39. The Labute approximate surface area is 162 Å². The van der Waals surface area contributed by atoms with Gasteiger partial charge in [-0.2, -0.15) is 10.4 Å². The fourth-order valence-corrected chi connectivity index (χ4v) is 3.71. The van der Waals surface area contributed by atoms with Crippen molar-refractivity contribution in [3.8, 4) is 11.9 Å². The zero-order chi connectivity index (χ0) is 19.0. The number of allylic oxidation sites excluding steroid dienone is 1. The van der Waals surface area contributed by atoms with Gasteiger partial charge in [0.15, 0.2) is 0 Å². The van der Waals surface area contributed by atoms with Gasteiger partial charge in [-0.15, -0.1) is 0 Å². The van der Waals surface area contributed by atoms with Crippen LogP contribution in [0.15, 0.2) is 66.1 Å². The Bertz CT molecular complexity index is 1080. The van der Waals surface area contributed by atoms with Gasteiger partial charge in [0, 0.05) is 5.02 Å². The van der Waals surface area contributed by atoms with Crippen LogP contribution in [0.2, 0.25) is 5.02 Å². The minimum atomic E-state index is -0.406. The molecule has 27 heavy (non-hydrogen) atoms. The summed E-state index contributed by atoms with van der Waals surface area (Å²) in [7, 11) is 0. The van der Waals surface area contributed by atoms with Gasteiger partial charge in [0.25, 0.3) is 0 Å². The summed E-state index contributed by atoms with van der Waals surface area (Å²) < 4.78 is 7.63. The molecule has 1 aliphatic heterocycles. The topological polar surface area (TPSA) is 76.9 Å². The summed E-state index contributed by atoms with van der Waals surface area (Å²) >= 11 is 6.44. The first kappa shape index (κ1) is 17.2. The number of fused-ring (bicyclic) bond motifs is 1. The predicted molar refractivity (Wildman–Crippen MR) is 103 cm³/mol. The molecule has 0 bridgehead atoms. The van der Waals surface area contributed by atoms with E-state index in [0.717, 1.165) is 22.4 Å². The average molecular weight is 377 g/mol. The van der Waals surface area contributed by atoms with Gasteiger partial charge in [0.2, 0.25) is 11.8 Å². The lowest BCUT2D eigenvalue weighted by molar-refractivity contribution is 0.352. The molecule has 0 saturated carbocycles. The molecule has 3 aromatic rings. The van der Waals surface area contributed by atoms with Crippen molar-refractivity contribution in [2.45, 2.75) is 19.4 Å². The SMILES string of the molecule is Cc1nn(Cc2ccccc2)c2c1C(c1ccccc1Cl)C(C#N)=C(N)O2. The molecule has 6 heteroatoms. The first-order valence-electron chi connectivity index (χ1n) is 8.53. The van der Waals surface area contributed by atoms with Crippen LogP contribution in [-0.2, 0) is 6.54 Å². The van der Waals surface area contributed by atoms with E-state index in [-0.39, 0.29) is 5.88 Å². The number of nitrogens with zero attached hydrogens (tertiary/aromatic N) is 3. The van der Waals surface area contributed by atoms with Crippen LogP contribution in [0, 0.1) is 18.3 Å². The van der Waals surface area contributed by atoms with Crippen molar-refractivity contribution in [2.24, 2.45) is 5.73 Å². The van der Waals surface area contributed by atoms with E-state index >= 15 is 0 Å². The minimum Gasteiger partial charge on any atom is -0.422 e. The summed E-state index contributed by atoms with van der Waals surface area (Å²) in [6, 6.07) is 19.6. The molecule has 134 valence electrons. The van der Waals surface area contributed by atoms with Crippen LogP contribution >= 0.6 is 11.6 Å². The van der Waals surface area contributed by atoms with Crippen LogP contribution in [0.1, 0.15) is 28.3 Å². The molecule has 5 nitrogen and oxygen atoms in total. The van der Waals surface area contributed by atoms with E-state index in [1.165, 1.54) is 0 Å². The molecule has 0 saturated heterocycles. The highest BCUT2D eigenvalue weighted by atomic mass is 35.5. The second kappa shape index (κ2) is 6.82. The van der Waals surface area contributed by atoms with Crippen molar-refractivity contribution in [3.63, 3.8) is 0 Å². The van der Waals surface area contributed by atoms with Gasteiger partial charge >= 0.3 is 0 Å². The summed E-state index contributed by atoms with van der Waals surface area (Å²) in [5, 5.41) is 14.9. The summed E-state index contributed by atoms with van der Waals surface area (Å²) in [4.78, 5) is 0. The van der Waals surface area contributed by atoms with Crippen molar-refractivity contribution < 1.29 is 4.74 Å². The third-order valence-corrected chi connectivity index (χ3v) is 5.03. The van der Waals surface area contributed by atoms with Crippen LogP contribution in [0.25, 0.3) is 0 Å². The molecular formula is C21H17ClN4O. The zero-order valence-electron chi connectivity index (χ0n) is 14.7. The Morgan fingerprint density at radius 1 is 1.19 bits per heavy atom. The van der Waals surface area contributed by atoms with Crippen molar-refractivity contribution in [2.75, 3.05) is 0 Å². The van der Waals surface area contributed by atoms with Crippen LogP contribution in [0.3, 0.4) is 0 Å². The van der Waals surface area contributed by atoms with E-state index in [1.54, 1.807) is 10.7 Å². The van der Waals surface area contributed by atoms with Crippen LogP contribution in [0.5, 0.6) is 5.88 Å². The number of hydrogen-bond acceptors (Lipinski definition) is 4.